The molecule has 4 rings (SSSR count). The van der Waals surface area contributed by atoms with E-state index in [-0.39, 0.29) is 29.5 Å². The van der Waals surface area contributed by atoms with Gasteiger partial charge in [-0.3, -0.25) is 14.7 Å². The molecule has 7 nitrogen and oxygen atoms in total. The number of guanidine groups is 1. The fourth-order valence-corrected chi connectivity index (χ4v) is 4.24. The summed E-state index contributed by atoms with van der Waals surface area (Å²) in [6.07, 6.45) is 3.00. The summed E-state index contributed by atoms with van der Waals surface area (Å²) in [5.74, 6) is 0.964. The van der Waals surface area contributed by atoms with Gasteiger partial charge in [0.2, 0.25) is 0 Å². The zero-order valence-corrected chi connectivity index (χ0v) is 20.4. The summed E-state index contributed by atoms with van der Waals surface area (Å²) in [7, 11) is 1.85. The minimum atomic E-state index is 0. The van der Waals surface area contributed by atoms with Crippen LogP contribution in [0.25, 0.3) is 0 Å². The number of halogens is 1. The van der Waals surface area contributed by atoms with Crippen LogP contribution < -0.4 is 10.9 Å². The lowest BCUT2D eigenvalue weighted by atomic mass is 10.1. The quantitative estimate of drug-likeness (QED) is 0.359. The van der Waals surface area contributed by atoms with Gasteiger partial charge in [-0.25, -0.2) is 0 Å². The molecule has 0 aliphatic carbocycles. The maximum atomic E-state index is 11.9. The van der Waals surface area contributed by atoms with Crippen LogP contribution in [0.4, 0.5) is 0 Å². The largest absolute Gasteiger partial charge is 0.379 e. The first-order valence-electron chi connectivity index (χ1n) is 10.7. The van der Waals surface area contributed by atoms with E-state index in [4.69, 9.17) is 4.74 Å². The third-order valence-electron chi connectivity index (χ3n) is 5.96. The van der Waals surface area contributed by atoms with Gasteiger partial charge in [0, 0.05) is 58.1 Å². The Labute approximate surface area is 201 Å². The fraction of sp³-hybridized carbons (Fsp3) is 0.478. The topological polar surface area (TPSA) is 62.1 Å². The van der Waals surface area contributed by atoms with Crippen molar-refractivity contribution in [3.63, 3.8) is 0 Å². The van der Waals surface area contributed by atoms with Crippen LogP contribution in [-0.2, 0) is 17.8 Å². The van der Waals surface area contributed by atoms with E-state index >= 15 is 0 Å². The summed E-state index contributed by atoms with van der Waals surface area (Å²) in [4.78, 5) is 21.3. The summed E-state index contributed by atoms with van der Waals surface area (Å²) in [6.45, 7) is 7.13. The maximum Gasteiger partial charge on any atom is 0.250 e. The van der Waals surface area contributed by atoms with E-state index in [0.717, 1.165) is 57.5 Å². The first-order valence-corrected chi connectivity index (χ1v) is 10.7. The number of benzene rings is 1. The van der Waals surface area contributed by atoms with Gasteiger partial charge in [-0.1, -0.05) is 30.3 Å². The molecule has 2 aliphatic heterocycles. The van der Waals surface area contributed by atoms with Gasteiger partial charge in [0.1, 0.15) is 0 Å². The molecular formula is C23H32IN5O2. The Balaban J connectivity index is 0.00000272. The molecule has 3 heterocycles. The van der Waals surface area contributed by atoms with Crippen LogP contribution >= 0.6 is 24.0 Å². The van der Waals surface area contributed by atoms with Crippen molar-refractivity contribution in [1.82, 2.24) is 19.7 Å². The van der Waals surface area contributed by atoms with Crippen LogP contribution in [0.5, 0.6) is 0 Å². The summed E-state index contributed by atoms with van der Waals surface area (Å²) in [5.41, 5.74) is 2.33. The van der Waals surface area contributed by atoms with Gasteiger partial charge in [-0.15, -0.1) is 24.0 Å². The van der Waals surface area contributed by atoms with E-state index in [0.29, 0.717) is 12.6 Å². The Morgan fingerprint density at radius 2 is 1.84 bits per heavy atom. The standard InChI is InChI=1S/C23H31N5O2.HI/c1-24-23(28-11-9-21(18-28)26-12-14-30-15-13-26)25-16-19-5-7-20(8-6-19)17-27-10-3-2-4-22(27)29;/h2-8,10,21H,9,11-18H2,1H3,(H,24,25);1H. The second-order valence-corrected chi connectivity index (χ2v) is 7.92. The highest BCUT2D eigenvalue weighted by Crippen LogP contribution is 2.17. The van der Waals surface area contributed by atoms with Gasteiger partial charge in [-0.05, 0) is 23.6 Å². The summed E-state index contributed by atoms with van der Waals surface area (Å²) in [6, 6.07) is 14.2. The van der Waals surface area contributed by atoms with Gasteiger partial charge in [0.15, 0.2) is 5.96 Å². The van der Waals surface area contributed by atoms with E-state index in [9.17, 15) is 4.79 Å². The number of aliphatic imine (C=N–C) groups is 1. The molecular weight excluding hydrogens is 505 g/mol. The molecule has 168 valence electrons. The average molecular weight is 537 g/mol. The Kier molecular flexibility index (Phi) is 8.91. The van der Waals surface area contributed by atoms with Gasteiger partial charge < -0.3 is 19.5 Å². The first-order chi connectivity index (χ1) is 14.7. The van der Waals surface area contributed by atoms with E-state index in [1.165, 1.54) is 12.0 Å². The zero-order chi connectivity index (χ0) is 20.8. The molecule has 2 fully saturated rings. The maximum absolute atomic E-state index is 11.9. The Bertz CT molecular complexity index is 909. The van der Waals surface area contributed by atoms with Crippen LogP contribution in [-0.4, -0.2) is 72.8 Å². The van der Waals surface area contributed by atoms with Crippen LogP contribution in [0.3, 0.4) is 0 Å². The second-order valence-electron chi connectivity index (χ2n) is 7.92. The molecule has 31 heavy (non-hydrogen) atoms. The highest BCUT2D eigenvalue weighted by molar-refractivity contribution is 14.0. The lowest BCUT2D eigenvalue weighted by molar-refractivity contribution is 0.0195. The van der Waals surface area contributed by atoms with Crippen molar-refractivity contribution >= 4 is 29.9 Å². The number of nitrogens with one attached hydrogen (secondary N) is 1. The minimum Gasteiger partial charge on any atom is -0.379 e. The Morgan fingerprint density at radius 3 is 2.55 bits per heavy atom. The molecule has 2 saturated heterocycles. The van der Waals surface area contributed by atoms with Crippen molar-refractivity contribution < 1.29 is 4.74 Å². The molecule has 1 aromatic heterocycles. The zero-order valence-electron chi connectivity index (χ0n) is 18.1. The molecule has 1 atom stereocenters. The number of ether oxygens (including phenoxy) is 1. The van der Waals surface area contributed by atoms with E-state index in [1.54, 1.807) is 16.7 Å². The third kappa shape index (κ3) is 6.30. The molecule has 0 amide bonds. The molecule has 1 N–H and O–H groups in total. The van der Waals surface area contributed by atoms with Crippen molar-refractivity contribution in [2.45, 2.75) is 25.6 Å². The summed E-state index contributed by atoms with van der Waals surface area (Å²) >= 11 is 0. The van der Waals surface area contributed by atoms with E-state index in [1.807, 2.05) is 19.3 Å². The third-order valence-corrected chi connectivity index (χ3v) is 5.96. The van der Waals surface area contributed by atoms with Crippen molar-refractivity contribution in [2.75, 3.05) is 46.4 Å². The molecule has 1 unspecified atom stereocenters. The highest BCUT2D eigenvalue weighted by Gasteiger charge is 2.30. The molecule has 1 aromatic carbocycles. The lowest BCUT2D eigenvalue weighted by Gasteiger charge is -2.32. The van der Waals surface area contributed by atoms with E-state index in [2.05, 4.69) is 44.4 Å². The fourth-order valence-electron chi connectivity index (χ4n) is 4.24. The van der Waals surface area contributed by atoms with E-state index < -0.39 is 0 Å². The average Bonchev–Trinajstić information content (AvgIpc) is 3.28. The summed E-state index contributed by atoms with van der Waals surface area (Å²) in [5, 5.41) is 3.51. The molecule has 2 aromatic rings. The second kappa shape index (κ2) is 11.6. The van der Waals surface area contributed by atoms with Crippen molar-refractivity contribution in [1.29, 1.82) is 0 Å². The number of nitrogens with zero attached hydrogens (tertiary/aromatic N) is 4. The normalized spacial score (nSPS) is 19.8. The van der Waals surface area contributed by atoms with Gasteiger partial charge in [0.25, 0.3) is 5.56 Å². The predicted molar refractivity (Wildman–Crippen MR) is 134 cm³/mol. The lowest BCUT2D eigenvalue weighted by Crippen LogP contribution is -2.46. The van der Waals surface area contributed by atoms with Crippen LogP contribution in [0, 0.1) is 0 Å². The van der Waals surface area contributed by atoms with Gasteiger partial charge in [-0.2, -0.15) is 0 Å². The van der Waals surface area contributed by atoms with Crippen molar-refractivity contribution in [3.8, 4) is 0 Å². The van der Waals surface area contributed by atoms with Crippen molar-refractivity contribution in [2.24, 2.45) is 4.99 Å². The van der Waals surface area contributed by atoms with Gasteiger partial charge in [0.05, 0.1) is 19.8 Å². The Morgan fingerprint density at radius 1 is 1.10 bits per heavy atom. The van der Waals surface area contributed by atoms with Crippen LogP contribution in [0.2, 0.25) is 0 Å². The first kappa shape index (κ1) is 23.7. The van der Waals surface area contributed by atoms with Crippen LogP contribution in [0.15, 0.2) is 58.4 Å². The number of pyridine rings is 1. The highest BCUT2D eigenvalue weighted by atomic mass is 127. The molecule has 0 saturated carbocycles. The molecule has 0 bridgehead atoms. The number of likely N-dealkylation sites (tertiary alicyclic amines) is 1. The number of hydrogen-bond acceptors (Lipinski definition) is 4. The molecule has 0 spiro atoms. The summed E-state index contributed by atoms with van der Waals surface area (Å²) < 4.78 is 7.20. The number of hydrogen-bond donors (Lipinski definition) is 1. The number of morpholine rings is 1. The SMILES string of the molecule is CN=C(NCc1ccc(Cn2ccccc2=O)cc1)N1CCC(N2CCOCC2)C1.I. The minimum absolute atomic E-state index is 0. The number of rotatable bonds is 5. The Hall–Kier alpha value is -1.91. The predicted octanol–water partition coefficient (Wildman–Crippen LogP) is 2.00. The van der Waals surface area contributed by atoms with Crippen molar-refractivity contribution in [3.05, 3.63) is 70.1 Å². The molecule has 0 radical (unpaired) electrons. The number of aromatic nitrogens is 1. The molecule has 2 aliphatic rings. The monoisotopic (exact) mass is 537 g/mol. The smallest absolute Gasteiger partial charge is 0.250 e. The molecule has 8 heteroatoms. The van der Waals surface area contributed by atoms with Crippen LogP contribution in [0.1, 0.15) is 17.5 Å². The van der Waals surface area contributed by atoms with Gasteiger partial charge >= 0.3 is 0 Å².